The van der Waals surface area contributed by atoms with Gasteiger partial charge in [-0.1, -0.05) is 52.0 Å². The van der Waals surface area contributed by atoms with Crippen molar-refractivity contribution in [2.75, 3.05) is 25.1 Å². The maximum Gasteiger partial charge on any atom is 0.460 e. The van der Waals surface area contributed by atoms with Gasteiger partial charge in [0.05, 0.1) is 18.9 Å². The van der Waals surface area contributed by atoms with Gasteiger partial charge in [-0.2, -0.15) is 74.6 Å². The molecule has 0 bridgehead atoms. The van der Waals surface area contributed by atoms with Gasteiger partial charge in [0.1, 0.15) is 30.1 Å². The van der Waals surface area contributed by atoms with Gasteiger partial charge in [-0.25, -0.2) is 18.4 Å². The average Bonchev–Trinajstić information content (AvgIpc) is 3.21. The maximum atomic E-state index is 15.0. The van der Waals surface area contributed by atoms with Crippen molar-refractivity contribution < 1.29 is 112 Å². The van der Waals surface area contributed by atoms with Crippen LogP contribution in [0, 0.1) is 11.6 Å². The molecular weight excluding hydrogens is 1000 g/mol. The molecule has 2 aromatic rings. The molecule has 392 valence electrons. The minimum atomic E-state index is -8.72. The van der Waals surface area contributed by atoms with Gasteiger partial charge in [-0.05, 0) is 79.2 Å². The van der Waals surface area contributed by atoms with E-state index >= 15 is 8.78 Å². The lowest BCUT2D eigenvalue weighted by molar-refractivity contribution is -0.461. The van der Waals surface area contributed by atoms with E-state index in [0.717, 1.165) is 12.1 Å². The molecule has 0 aromatic heterocycles. The topological polar surface area (TPSA) is 83.1 Å². The molecule has 7 nitrogen and oxygen atoms in total. The zero-order chi connectivity index (χ0) is 53.4. The number of amides is 1. The molecular formula is C42H46F19NO6Si. The van der Waals surface area contributed by atoms with E-state index in [1.807, 2.05) is 0 Å². The number of allylic oxidation sites excluding steroid dienone is 3. The smallest absolute Gasteiger partial charge is 0.460 e. The SMILES string of the molecule is CCOC(=O)/C=C(C)/C=C/CC[C@@H](OC(=O)Nc1ccc(F)cc1F)c1ccc(OCCO[Si](CCC(F)(F)C(F)(F)C(F)(F)C(F)(F)C(F)(F)C(F)(F)C(F)(F)C(F)(F)F)(C(C)C)C(C)C)cc1. The monoisotopic (exact) mass is 1050 g/mol. The van der Waals surface area contributed by atoms with Gasteiger partial charge < -0.3 is 18.6 Å². The van der Waals surface area contributed by atoms with Crippen molar-refractivity contribution in [3.8, 4) is 5.75 Å². The predicted molar refractivity (Wildman–Crippen MR) is 212 cm³/mol. The molecule has 0 aliphatic heterocycles. The molecule has 0 unspecified atom stereocenters. The lowest BCUT2D eigenvalue weighted by atomic mass is 9.88. The molecule has 27 heteroatoms. The van der Waals surface area contributed by atoms with Gasteiger partial charge in [-0.15, -0.1) is 0 Å². The quantitative estimate of drug-likeness (QED) is 0.0266. The Morgan fingerprint density at radius 3 is 1.72 bits per heavy atom. The van der Waals surface area contributed by atoms with E-state index < -0.39 is 128 Å². The molecule has 2 rings (SSSR count). The van der Waals surface area contributed by atoms with Crippen LogP contribution >= 0.6 is 0 Å². The number of benzene rings is 2. The molecule has 2 aromatic carbocycles. The summed E-state index contributed by atoms with van der Waals surface area (Å²) in [4.78, 5) is 24.5. The average molecular weight is 1050 g/mol. The number of alkyl halides is 17. The zero-order valence-corrected chi connectivity index (χ0v) is 38.1. The summed E-state index contributed by atoms with van der Waals surface area (Å²) in [6, 6.07) is 6.45. The summed E-state index contributed by atoms with van der Waals surface area (Å²) in [5, 5.41) is 2.14. The summed E-state index contributed by atoms with van der Waals surface area (Å²) in [5.74, 6) is -59.6. The van der Waals surface area contributed by atoms with E-state index in [0.29, 0.717) is 17.2 Å². The molecule has 0 aliphatic carbocycles. The summed E-state index contributed by atoms with van der Waals surface area (Å²) in [6.45, 7) is 7.49. The third-order valence-electron chi connectivity index (χ3n) is 10.6. The first kappa shape index (κ1) is 60.4. The Balaban J connectivity index is 2.29. The number of hydrogen-bond acceptors (Lipinski definition) is 6. The van der Waals surface area contributed by atoms with Crippen molar-refractivity contribution in [3.63, 3.8) is 0 Å². The van der Waals surface area contributed by atoms with Crippen LogP contribution < -0.4 is 10.1 Å². The third kappa shape index (κ3) is 13.2. The van der Waals surface area contributed by atoms with Gasteiger partial charge in [0.2, 0.25) is 0 Å². The highest BCUT2D eigenvalue weighted by atomic mass is 28.4. The van der Waals surface area contributed by atoms with Crippen molar-refractivity contribution >= 4 is 26.1 Å². The number of carbonyl (C=O) groups is 2. The number of anilines is 1. The normalized spacial score (nSPS) is 14.7. The van der Waals surface area contributed by atoms with E-state index in [1.165, 1.54) is 58.0 Å². The van der Waals surface area contributed by atoms with Crippen LogP contribution in [0.4, 0.5) is 93.9 Å². The Hall–Kier alpha value is -4.69. The summed E-state index contributed by atoms with van der Waals surface area (Å²) in [7, 11) is -4.05. The number of carbonyl (C=O) groups excluding carboxylic acids is 2. The van der Waals surface area contributed by atoms with E-state index in [2.05, 4.69) is 5.32 Å². The molecule has 0 aliphatic rings. The van der Waals surface area contributed by atoms with Crippen LogP contribution in [0.15, 0.2) is 66.3 Å². The fraction of sp³-hybridized carbons (Fsp3) is 0.571. The number of esters is 1. The number of rotatable bonds is 25. The molecule has 0 fully saturated rings. The Kier molecular flexibility index (Phi) is 19.8. The van der Waals surface area contributed by atoms with Gasteiger partial charge in [-0.3, -0.25) is 5.32 Å². The second-order valence-corrected chi connectivity index (χ2v) is 21.0. The fourth-order valence-electron chi connectivity index (χ4n) is 6.61. The van der Waals surface area contributed by atoms with Crippen molar-refractivity contribution in [1.29, 1.82) is 0 Å². The number of nitrogens with one attached hydrogen (secondary N) is 1. The van der Waals surface area contributed by atoms with Crippen molar-refractivity contribution in [2.45, 2.75) is 132 Å². The largest absolute Gasteiger partial charge is 0.491 e. The molecule has 1 amide bonds. The van der Waals surface area contributed by atoms with Crippen LogP contribution in [0.1, 0.15) is 72.5 Å². The molecule has 0 saturated heterocycles. The van der Waals surface area contributed by atoms with Gasteiger partial charge in [0, 0.05) is 18.6 Å². The first-order valence-electron chi connectivity index (χ1n) is 20.3. The first-order chi connectivity index (χ1) is 31.3. The van der Waals surface area contributed by atoms with E-state index in [9.17, 15) is 84.2 Å². The van der Waals surface area contributed by atoms with Crippen LogP contribution in [0.5, 0.6) is 5.75 Å². The Bertz CT molecular complexity index is 2090. The molecule has 0 spiro atoms. The summed E-state index contributed by atoms with van der Waals surface area (Å²) >= 11 is 0. The van der Waals surface area contributed by atoms with Crippen LogP contribution in [0.3, 0.4) is 0 Å². The van der Waals surface area contributed by atoms with E-state index in [-0.39, 0.29) is 25.2 Å². The highest BCUT2D eigenvalue weighted by molar-refractivity contribution is 6.76. The minimum absolute atomic E-state index is 0.0598. The molecule has 1 atom stereocenters. The first-order valence-corrected chi connectivity index (χ1v) is 22.6. The number of ether oxygens (including phenoxy) is 3. The highest BCUT2D eigenvalue weighted by Crippen LogP contribution is 2.64. The predicted octanol–water partition coefficient (Wildman–Crippen LogP) is 14.7. The van der Waals surface area contributed by atoms with Crippen LogP contribution in [-0.4, -0.2) is 87.8 Å². The van der Waals surface area contributed by atoms with Gasteiger partial charge in [0.15, 0.2) is 8.32 Å². The van der Waals surface area contributed by atoms with Gasteiger partial charge in [0.25, 0.3) is 0 Å². The third-order valence-corrected chi connectivity index (χ3v) is 16.3. The van der Waals surface area contributed by atoms with Crippen LogP contribution in [0.2, 0.25) is 17.1 Å². The fourth-order valence-corrected chi connectivity index (χ4v) is 11.1. The standard InChI is InChI=1S/C42H46F19NO6Si/c1-7-65-33(63)22-26(6)10-8-9-11-32(68-34(64)62-31-17-14-28(43)23-30(31)44)27-12-15-29(16-13-27)66-19-20-67-69(24(2)3,25(4)5)21-18-35(45,46)36(47,48)37(49,50)38(51,52)39(53,54)40(55,56)41(57,58)42(59,60)61/h8,10,12-17,22-25,32H,7,9,11,18-21H2,1-6H3,(H,62,64)/b10-8+,26-22+/t32-/m1/s1. The molecule has 0 saturated carbocycles. The van der Waals surface area contributed by atoms with Crippen molar-refractivity contribution in [3.05, 3.63) is 83.5 Å². The van der Waals surface area contributed by atoms with Crippen molar-refractivity contribution in [2.24, 2.45) is 0 Å². The number of hydrogen-bond donors (Lipinski definition) is 1. The Morgan fingerprint density at radius 1 is 0.710 bits per heavy atom. The minimum Gasteiger partial charge on any atom is -0.491 e. The Labute approximate surface area is 383 Å². The summed E-state index contributed by atoms with van der Waals surface area (Å²) in [5.41, 5.74) is -1.42. The molecule has 69 heavy (non-hydrogen) atoms. The molecule has 0 heterocycles. The second kappa shape index (κ2) is 22.6. The lowest BCUT2D eigenvalue weighted by Gasteiger charge is -2.44. The molecule has 0 radical (unpaired) electrons. The highest BCUT2D eigenvalue weighted by Gasteiger charge is 2.95. The number of halogens is 19. The van der Waals surface area contributed by atoms with Crippen molar-refractivity contribution in [1.82, 2.24) is 0 Å². The Morgan fingerprint density at radius 2 is 1.23 bits per heavy atom. The second-order valence-electron chi connectivity index (χ2n) is 15.9. The lowest BCUT2D eigenvalue weighted by Crippen LogP contribution is -2.74. The van der Waals surface area contributed by atoms with Gasteiger partial charge >= 0.3 is 59.7 Å². The molecule has 1 N–H and O–H groups in total. The van der Waals surface area contributed by atoms with E-state index in [1.54, 1.807) is 26.0 Å². The van der Waals surface area contributed by atoms with Crippen LogP contribution in [0.25, 0.3) is 0 Å². The summed E-state index contributed by atoms with van der Waals surface area (Å²) < 4.78 is 285. The van der Waals surface area contributed by atoms with E-state index in [4.69, 9.17) is 18.6 Å². The summed E-state index contributed by atoms with van der Waals surface area (Å²) in [6.07, 6.45) is -7.90. The zero-order valence-electron chi connectivity index (χ0n) is 37.1. The maximum absolute atomic E-state index is 15.0. The van der Waals surface area contributed by atoms with Crippen LogP contribution in [-0.2, 0) is 18.7 Å².